The third-order valence-electron chi connectivity index (χ3n) is 5.75. The molecular weight excluding hydrogens is 272 g/mol. The lowest BCUT2D eigenvalue weighted by Crippen LogP contribution is -2.50. The Kier molecular flexibility index (Phi) is 5.01. The molecule has 3 nitrogen and oxygen atoms in total. The van der Waals surface area contributed by atoms with Gasteiger partial charge in [0.05, 0.1) is 5.41 Å². The Morgan fingerprint density at radius 2 is 1.80 bits per heavy atom. The summed E-state index contributed by atoms with van der Waals surface area (Å²) < 4.78 is 0. The maximum absolute atomic E-state index is 12.8. The van der Waals surface area contributed by atoms with Gasteiger partial charge in [0.15, 0.2) is 0 Å². The standard InChI is InChI=1S/C16H28N2O.ClH/c1-15(6-5-10-17-12-15)14(19)18-11-9-16(13-18)7-3-2-4-8-16;/h17H,2-13H2,1H3;1H. The molecule has 1 saturated carbocycles. The molecule has 0 radical (unpaired) electrons. The predicted molar refractivity (Wildman–Crippen MR) is 84.2 cm³/mol. The highest BCUT2D eigenvalue weighted by Gasteiger charge is 2.45. The van der Waals surface area contributed by atoms with Gasteiger partial charge in [0.1, 0.15) is 0 Å². The fraction of sp³-hybridized carbons (Fsp3) is 0.938. The molecule has 2 aliphatic heterocycles. The van der Waals surface area contributed by atoms with E-state index >= 15 is 0 Å². The summed E-state index contributed by atoms with van der Waals surface area (Å²) >= 11 is 0. The molecule has 1 N–H and O–H groups in total. The van der Waals surface area contributed by atoms with E-state index in [2.05, 4.69) is 17.1 Å². The minimum absolute atomic E-state index is 0. The summed E-state index contributed by atoms with van der Waals surface area (Å²) in [5, 5.41) is 3.40. The van der Waals surface area contributed by atoms with E-state index in [1.54, 1.807) is 0 Å². The van der Waals surface area contributed by atoms with Crippen LogP contribution in [0.2, 0.25) is 0 Å². The normalized spacial score (nSPS) is 33.0. The molecule has 3 aliphatic rings. The largest absolute Gasteiger partial charge is 0.342 e. The first-order chi connectivity index (χ1) is 9.14. The number of likely N-dealkylation sites (tertiary alicyclic amines) is 1. The summed E-state index contributed by atoms with van der Waals surface area (Å²) in [6, 6.07) is 0. The number of halogens is 1. The van der Waals surface area contributed by atoms with Crippen LogP contribution in [0.4, 0.5) is 0 Å². The second-order valence-corrected chi connectivity index (χ2v) is 7.38. The SMILES string of the molecule is CC1(C(=O)N2CCC3(CCCCC3)C2)CCCNC1.Cl. The van der Waals surface area contributed by atoms with E-state index in [-0.39, 0.29) is 17.8 Å². The molecule has 2 heterocycles. The molecule has 2 saturated heterocycles. The minimum atomic E-state index is -0.140. The summed E-state index contributed by atoms with van der Waals surface area (Å²) in [6.07, 6.45) is 10.3. The van der Waals surface area contributed by atoms with Crippen LogP contribution in [0.1, 0.15) is 58.3 Å². The quantitative estimate of drug-likeness (QED) is 0.807. The first-order valence-electron chi connectivity index (χ1n) is 8.14. The van der Waals surface area contributed by atoms with E-state index in [1.807, 2.05) is 0 Å². The van der Waals surface area contributed by atoms with Crippen LogP contribution in [0.25, 0.3) is 0 Å². The van der Waals surface area contributed by atoms with Crippen molar-refractivity contribution in [1.29, 1.82) is 0 Å². The van der Waals surface area contributed by atoms with Gasteiger partial charge < -0.3 is 10.2 Å². The molecule has 1 atom stereocenters. The van der Waals surface area contributed by atoms with Gasteiger partial charge in [-0.2, -0.15) is 0 Å². The summed E-state index contributed by atoms with van der Waals surface area (Å²) in [4.78, 5) is 15.0. The fourth-order valence-electron chi connectivity index (χ4n) is 4.44. The highest BCUT2D eigenvalue weighted by molar-refractivity contribution is 5.85. The number of piperidine rings is 1. The smallest absolute Gasteiger partial charge is 0.229 e. The molecule has 20 heavy (non-hydrogen) atoms. The van der Waals surface area contributed by atoms with Gasteiger partial charge in [0.2, 0.25) is 5.91 Å². The summed E-state index contributed by atoms with van der Waals surface area (Å²) in [5.41, 5.74) is 0.352. The number of hydrogen-bond donors (Lipinski definition) is 1. The number of carbonyl (C=O) groups excluding carboxylic acids is 1. The lowest BCUT2D eigenvalue weighted by Gasteiger charge is -2.38. The Balaban J connectivity index is 0.00000147. The Morgan fingerprint density at radius 1 is 1.05 bits per heavy atom. The lowest BCUT2D eigenvalue weighted by molar-refractivity contribution is -0.141. The van der Waals surface area contributed by atoms with E-state index in [0.717, 1.165) is 39.0 Å². The molecule has 116 valence electrons. The van der Waals surface area contributed by atoms with Crippen molar-refractivity contribution in [2.45, 2.75) is 58.3 Å². The van der Waals surface area contributed by atoms with Gasteiger partial charge in [-0.15, -0.1) is 12.4 Å². The second-order valence-electron chi connectivity index (χ2n) is 7.38. The minimum Gasteiger partial charge on any atom is -0.342 e. The Labute approximate surface area is 129 Å². The molecular formula is C16H29ClN2O. The first kappa shape index (κ1) is 16.1. The van der Waals surface area contributed by atoms with Crippen LogP contribution < -0.4 is 5.32 Å². The molecule has 1 spiro atoms. The van der Waals surface area contributed by atoms with Gasteiger partial charge in [-0.3, -0.25) is 4.79 Å². The summed E-state index contributed by atoms with van der Waals surface area (Å²) in [6.45, 7) is 6.16. The zero-order valence-electron chi connectivity index (χ0n) is 12.7. The van der Waals surface area contributed by atoms with Gasteiger partial charge in [0.25, 0.3) is 0 Å². The van der Waals surface area contributed by atoms with Crippen LogP contribution in [0.5, 0.6) is 0 Å². The Bertz CT molecular complexity index is 346. The van der Waals surface area contributed by atoms with Crippen LogP contribution in [-0.2, 0) is 4.79 Å². The van der Waals surface area contributed by atoms with Crippen molar-refractivity contribution in [2.75, 3.05) is 26.2 Å². The van der Waals surface area contributed by atoms with E-state index in [4.69, 9.17) is 0 Å². The van der Waals surface area contributed by atoms with Crippen molar-refractivity contribution in [1.82, 2.24) is 10.2 Å². The number of nitrogens with zero attached hydrogens (tertiary/aromatic N) is 1. The maximum Gasteiger partial charge on any atom is 0.229 e. The highest BCUT2D eigenvalue weighted by atomic mass is 35.5. The summed E-state index contributed by atoms with van der Waals surface area (Å²) in [7, 11) is 0. The van der Waals surface area contributed by atoms with Crippen LogP contribution in [0, 0.1) is 10.8 Å². The zero-order valence-corrected chi connectivity index (χ0v) is 13.6. The number of rotatable bonds is 1. The summed E-state index contributed by atoms with van der Waals surface area (Å²) in [5.74, 6) is 0.419. The molecule has 1 unspecified atom stereocenters. The molecule has 4 heteroatoms. The van der Waals surface area contributed by atoms with E-state index in [9.17, 15) is 4.79 Å². The third-order valence-corrected chi connectivity index (χ3v) is 5.75. The number of hydrogen-bond acceptors (Lipinski definition) is 2. The Morgan fingerprint density at radius 3 is 2.45 bits per heavy atom. The van der Waals surface area contributed by atoms with E-state index in [0.29, 0.717) is 11.3 Å². The maximum atomic E-state index is 12.8. The Hall–Kier alpha value is -0.280. The highest BCUT2D eigenvalue weighted by Crippen LogP contribution is 2.44. The van der Waals surface area contributed by atoms with E-state index in [1.165, 1.54) is 38.5 Å². The second kappa shape index (κ2) is 6.23. The topological polar surface area (TPSA) is 32.3 Å². The van der Waals surface area contributed by atoms with Crippen molar-refractivity contribution in [2.24, 2.45) is 10.8 Å². The van der Waals surface area contributed by atoms with Crippen molar-refractivity contribution in [3.63, 3.8) is 0 Å². The molecule has 1 aliphatic carbocycles. The number of carbonyl (C=O) groups is 1. The first-order valence-corrected chi connectivity index (χ1v) is 8.14. The van der Waals surface area contributed by atoms with Crippen molar-refractivity contribution < 1.29 is 4.79 Å². The van der Waals surface area contributed by atoms with Gasteiger partial charge in [-0.1, -0.05) is 19.3 Å². The van der Waals surface area contributed by atoms with Gasteiger partial charge >= 0.3 is 0 Å². The molecule has 0 aromatic rings. The third kappa shape index (κ3) is 2.99. The van der Waals surface area contributed by atoms with Crippen LogP contribution >= 0.6 is 12.4 Å². The van der Waals surface area contributed by atoms with Crippen LogP contribution in [0.15, 0.2) is 0 Å². The van der Waals surface area contributed by atoms with Crippen LogP contribution in [0.3, 0.4) is 0 Å². The molecule has 0 aromatic carbocycles. The molecule has 3 rings (SSSR count). The molecule has 1 amide bonds. The van der Waals surface area contributed by atoms with Crippen molar-refractivity contribution in [3.05, 3.63) is 0 Å². The number of amides is 1. The monoisotopic (exact) mass is 300 g/mol. The van der Waals surface area contributed by atoms with E-state index < -0.39 is 0 Å². The average molecular weight is 301 g/mol. The zero-order chi connectivity index (χ0) is 13.3. The molecule has 0 bridgehead atoms. The van der Waals surface area contributed by atoms with Gasteiger partial charge in [-0.05, 0) is 51.0 Å². The van der Waals surface area contributed by atoms with Crippen molar-refractivity contribution in [3.8, 4) is 0 Å². The van der Waals surface area contributed by atoms with Crippen molar-refractivity contribution >= 4 is 18.3 Å². The molecule has 3 fully saturated rings. The molecule has 0 aromatic heterocycles. The predicted octanol–water partition coefficient (Wildman–Crippen LogP) is 2.98. The fourth-order valence-corrected chi connectivity index (χ4v) is 4.44. The average Bonchev–Trinajstić information content (AvgIpc) is 2.83. The van der Waals surface area contributed by atoms with Gasteiger partial charge in [-0.25, -0.2) is 0 Å². The number of nitrogens with one attached hydrogen (secondary N) is 1. The lowest BCUT2D eigenvalue weighted by atomic mass is 9.73. The van der Waals surface area contributed by atoms with Crippen LogP contribution in [-0.4, -0.2) is 37.0 Å². The van der Waals surface area contributed by atoms with Gasteiger partial charge in [0, 0.05) is 19.6 Å².